The lowest BCUT2D eigenvalue weighted by Crippen LogP contribution is -2.15. The largest absolute Gasteiger partial charge is 0.496 e. The number of methoxy groups -OCH3 is 2. The molecule has 12 nitrogen and oxygen atoms in total. The average Bonchev–Trinajstić information content (AvgIpc) is 3.15. The number of para-hydroxylation sites is 2. The Balaban J connectivity index is 1.55. The van der Waals surface area contributed by atoms with Crippen molar-refractivity contribution in [2.24, 2.45) is 0 Å². The minimum atomic E-state index is -1.06. The first kappa shape index (κ1) is 38.6. The molecule has 0 atom stereocenters. The van der Waals surface area contributed by atoms with Gasteiger partial charge in [0.05, 0.1) is 78.2 Å². The van der Waals surface area contributed by atoms with Crippen molar-refractivity contribution in [3.05, 3.63) is 116 Å². The SMILES string of the molecule is COc1c2cccc1Cc1cc(C(=O)O)cc3c1OCCOCCOCCOCCOCCOc1c(cc(C(=O)O)cc1Cc1cccc(c1OC)C3)C2. The summed E-state index contributed by atoms with van der Waals surface area (Å²) in [6.45, 7) is 3.36. The number of benzene rings is 4. The van der Waals surface area contributed by atoms with Crippen LogP contribution in [-0.4, -0.2) is 102 Å². The van der Waals surface area contributed by atoms with E-state index in [-0.39, 0.29) is 63.2 Å². The van der Waals surface area contributed by atoms with Crippen LogP contribution in [0.3, 0.4) is 0 Å². The average molecular weight is 743 g/mol. The molecular formula is C42H46O12. The van der Waals surface area contributed by atoms with Crippen molar-refractivity contribution < 1.29 is 57.7 Å². The van der Waals surface area contributed by atoms with Crippen LogP contribution < -0.4 is 18.9 Å². The van der Waals surface area contributed by atoms with Gasteiger partial charge in [0.25, 0.3) is 0 Å². The summed E-state index contributed by atoms with van der Waals surface area (Å²) in [7, 11) is 3.18. The maximum absolute atomic E-state index is 12.5. The lowest BCUT2D eigenvalue weighted by Gasteiger charge is -2.22. The van der Waals surface area contributed by atoms with E-state index in [9.17, 15) is 19.8 Å². The zero-order chi connectivity index (χ0) is 37.9. The predicted molar refractivity (Wildman–Crippen MR) is 198 cm³/mol. The van der Waals surface area contributed by atoms with Gasteiger partial charge in [-0.3, -0.25) is 0 Å². The lowest BCUT2D eigenvalue weighted by molar-refractivity contribution is -0.00706. The maximum Gasteiger partial charge on any atom is 0.335 e. The van der Waals surface area contributed by atoms with Gasteiger partial charge in [0.15, 0.2) is 0 Å². The smallest absolute Gasteiger partial charge is 0.335 e. The van der Waals surface area contributed by atoms with Gasteiger partial charge in [-0.05, 0) is 68.8 Å². The second kappa shape index (κ2) is 18.8. The normalized spacial score (nSPS) is 16.0. The van der Waals surface area contributed by atoms with Gasteiger partial charge in [-0.15, -0.1) is 0 Å². The Morgan fingerprint density at radius 2 is 0.741 bits per heavy atom. The highest BCUT2D eigenvalue weighted by Gasteiger charge is 2.24. The summed E-state index contributed by atoms with van der Waals surface area (Å²) in [4.78, 5) is 25.1. The van der Waals surface area contributed by atoms with Crippen molar-refractivity contribution >= 4 is 11.9 Å². The monoisotopic (exact) mass is 742 g/mol. The summed E-state index contributed by atoms with van der Waals surface area (Å²) in [6.07, 6.45) is 1.15. The summed E-state index contributed by atoms with van der Waals surface area (Å²) in [6, 6.07) is 18.1. The molecule has 12 heteroatoms. The molecule has 4 aromatic carbocycles. The maximum atomic E-state index is 12.5. The van der Waals surface area contributed by atoms with Crippen molar-refractivity contribution in [2.75, 3.05) is 80.3 Å². The second-order valence-corrected chi connectivity index (χ2v) is 12.9. The topological polar surface area (TPSA) is 148 Å². The number of carbonyl (C=O) groups is 2. The number of ether oxygens (including phenoxy) is 8. The first-order valence-electron chi connectivity index (χ1n) is 18.0. The van der Waals surface area contributed by atoms with Crippen LogP contribution in [0.1, 0.15) is 65.2 Å². The van der Waals surface area contributed by atoms with Crippen molar-refractivity contribution in [2.45, 2.75) is 25.7 Å². The molecule has 0 spiro atoms. The van der Waals surface area contributed by atoms with Gasteiger partial charge in [0.2, 0.25) is 0 Å². The quantitative estimate of drug-likeness (QED) is 0.236. The van der Waals surface area contributed by atoms with E-state index in [0.717, 1.165) is 22.3 Å². The Kier molecular flexibility index (Phi) is 13.4. The van der Waals surface area contributed by atoms with Crippen LogP contribution >= 0.6 is 0 Å². The molecule has 1 aliphatic carbocycles. The molecule has 0 fully saturated rings. The van der Waals surface area contributed by atoms with Crippen molar-refractivity contribution in [3.8, 4) is 23.0 Å². The van der Waals surface area contributed by atoms with E-state index < -0.39 is 11.9 Å². The molecule has 2 aliphatic rings. The van der Waals surface area contributed by atoms with Gasteiger partial charge in [-0.25, -0.2) is 9.59 Å². The predicted octanol–water partition coefficient (Wildman–Crippen LogP) is 5.61. The summed E-state index contributed by atoms with van der Waals surface area (Å²) >= 11 is 0. The first-order valence-corrected chi connectivity index (χ1v) is 18.0. The molecule has 4 aromatic rings. The number of hydrogen-bond acceptors (Lipinski definition) is 10. The van der Waals surface area contributed by atoms with Crippen molar-refractivity contribution in [3.63, 3.8) is 0 Å². The van der Waals surface area contributed by atoms with Crippen molar-refractivity contribution in [1.82, 2.24) is 0 Å². The summed E-state index contributed by atoms with van der Waals surface area (Å²) < 4.78 is 48.0. The molecule has 0 unspecified atom stereocenters. The Bertz CT molecular complexity index is 1710. The van der Waals surface area contributed by atoms with Crippen molar-refractivity contribution in [1.29, 1.82) is 0 Å². The summed E-state index contributed by atoms with van der Waals surface area (Å²) in [5.41, 5.74) is 6.10. The third kappa shape index (κ3) is 9.50. The zero-order valence-corrected chi connectivity index (χ0v) is 30.6. The standard InChI is InChI=1S/C42H46O12/c1-47-37-27-5-3-6-28(37)20-32-24-36(42(45)46)26-34-22-30-8-4-7-29(38(30)48-2)21-33-25-35(41(43)44)23-31(19-27)39(33)53-17-15-51-13-11-49-9-10-50-12-14-52-16-18-54-40(32)34/h3-8,23-26H,9-22H2,1-2H3,(H,43,44)(H,45,46). The van der Waals surface area contributed by atoms with Crippen LogP contribution in [-0.2, 0) is 44.6 Å². The molecule has 0 amide bonds. The molecule has 1 heterocycles. The highest BCUT2D eigenvalue weighted by atomic mass is 16.6. The van der Waals surface area contributed by atoms with E-state index in [1.807, 2.05) is 36.4 Å². The number of carboxylic acids is 2. The van der Waals surface area contributed by atoms with Gasteiger partial charge in [-0.2, -0.15) is 0 Å². The first-order chi connectivity index (χ1) is 26.4. The molecule has 0 saturated heterocycles. The number of rotatable bonds is 4. The molecular weight excluding hydrogens is 696 g/mol. The molecule has 6 rings (SSSR count). The van der Waals surface area contributed by atoms with Gasteiger partial charge >= 0.3 is 11.9 Å². The lowest BCUT2D eigenvalue weighted by atomic mass is 9.89. The summed E-state index contributed by atoms with van der Waals surface area (Å²) in [5.74, 6) is 0.182. The number of hydrogen-bond donors (Lipinski definition) is 2. The molecule has 0 radical (unpaired) electrons. The molecule has 286 valence electrons. The van der Waals surface area contributed by atoms with Crippen LogP contribution in [0.15, 0.2) is 60.7 Å². The van der Waals surface area contributed by atoms with E-state index in [1.54, 1.807) is 38.5 Å². The minimum absolute atomic E-state index is 0.127. The fraction of sp³-hybridized carbons (Fsp3) is 0.381. The number of fused-ring (bicyclic) bond motifs is 2. The van der Waals surface area contributed by atoms with E-state index >= 15 is 0 Å². The van der Waals surface area contributed by atoms with Gasteiger partial charge in [-0.1, -0.05) is 36.4 Å². The molecule has 2 N–H and O–H groups in total. The molecule has 0 saturated carbocycles. The molecule has 10 bridgehead atoms. The fourth-order valence-electron chi connectivity index (χ4n) is 7.00. The number of carboxylic acid groups (broad SMARTS) is 2. The van der Waals surface area contributed by atoms with Gasteiger partial charge in [0, 0.05) is 25.7 Å². The fourth-order valence-corrected chi connectivity index (χ4v) is 7.00. The van der Waals surface area contributed by atoms with E-state index in [4.69, 9.17) is 37.9 Å². The van der Waals surface area contributed by atoms with Crippen LogP contribution in [0.5, 0.6) is 23.0 Å². The third-order valence-corrected chi connectivity index (χ3v) is 9.33. The highest BCUT2D eigenvalue weighted by Crippen LogP contribution is 2.39. The Hall–Kier alpha value is -5.14. The van der Waals surface area contributed by atoms with Gasteiger partial charge in [0.1, 0.15) is 36.2 Å². The van der Waals surface area contributed by atoms with E-state index in [1.165, 1.54) is 0 Å². The summed E-state index contributed by atoms with van der Waals surface area (Å²) in [5, 5.41) is 20.5. The minimum Gasteiger partial charge on any atom is -0.496 e. The van der Waals surface area contributed by atoms with Gasteiger partial charge < -0.3 is 48.1 Å². The second-order valence-electron chi connectivity index (χ2n) is 12.9. The van der Waals surface area contributed by atoms with Crippen LogP contribution in [0, 0.1) is 0 Å². The van der Waals surface area contributed by atoms with E-state index in [2.05, 4.69) is 0 Å². The van der Waals surface area contributed by atoms with E-state index in [0.29, 0.717) is 84.9 Å². The molecule has 0 aromatic heterocycles. The molecule has 54 heavy (non-hydrogen) atoms. The molecule has 1 aliphatic heterocycles. The van der Waals surface area contributed by atoms with Crippen LogP contribution in [0.2, 0.25) is 0 Å². The highest BCUT2D eigenvalue weighted by molar-refractivity contribution is 5.89. The van der Waals surface area contributed by atoms with Crippen LogP contribution in [0.4, 0.5) is 0 Å². The van der Waals surface area contributed by atoms with Crippen LogP contribution in [0.25, 0.3) is 0 Å². The third-order valence-electron chi connectivity index (χ3n) is 9.33. The zero-order valence-electron chi connectivity index (χ0n) is 30.6. The Labute approximate surface area is 314 Å². The Morgan fingerprint density at radius 1 is 0.463 bits per heavy atom. The number of aromatic carboxylic acids is 2. The Morgan fingerprint density at radius 3 is 1.00 bits per heavy atom.